The van der Waals surface area contributed by atoms with Crippen LogP contribution in [0.25, 0.3) is 0 Å². The van der Waals surface area contributed by atoms with E-state index in [0.29, 0.717) is 5.92 Å². The van der Waals surface area contributed by atoms with E-state index in [2.05, 4.69) is 19.2 Å². The van der Waals surface area contributed by atoms with Crippen LogP contribution in [0.15, 0.2) is 18.2 Å². The number of carbonyl (C=O) groups is 1. The number of carbonyl (C=O) groups excluding carboxylic acids is 1. The monoisotopic (exact) mass is 332 g/mol. The van der Waals surface area contributed by atoms with Gasteiger partial charge in [0.25, 0.3) is 5.91 Å². The lowest BCUT2D eigenvalue weighted by atomic mass is 9.99. The molecular weight excluding hydrogens is 300 g/mol. The Morgan fingerprint density at radius 1 is 1.29 bits per heavy atom. The largest absolute Gasteiger partial charge is 0.396 e. The van der Waals surface area contributed by atoms with Crippen molar-refractivity contribution in [2.24, 2.45) is 5.92 Å². The highest BCUT2D eigenvalue weighted by molar-refractivity contribution is 5.95. The SMILES string of the molecule is Cc1cc(C(=O)N2CCC[C@H](C)C2)ccc1NCCCCCCO. The number of benzene rings is 1. The van der Waals surface area contributed by atoms with Gasteiger partial charge in [-0.1, -0.05) is 19.8 Å². The van der Waals surface area contributed by atoms with Gasteiger partial charge in [-0.15, -0.1) is 0 Å². The summed E-state index contributed by atoms with van der Waals surface area (Å²) in [6.45, 7) is 7.27. The van der Waals surface area contributed by atoms with Gasteiger partial charge in [0, 0.05) is 37.5 Å². The molecule has 0 saturated carbocycles. The first-order valence-electron chi connectivity index (χ1n) is 9.36. The van der Waals surface area contributed by atoms with Crippen LogP contribution in [0, 0.1) is 12.8 Å². The lowest BCUT2D eigenvalue weighted by Crippen LogP contribution is -2.39. The van der Waals surface area contributed by atoms with E-state index < -0.39 is 0 Å². The van der Waals surface area contributed by atoms with Gasteiger partial charge in [-0.05, 0) is 62.3 Å². The van der Waals surface area contributed by atoms with Gasteiger partial charge >= 0.3 is 0 Å². The van der Waals surface area contributed by atoms with Gasteiger partial charge in [-0.25, -0.2) is 0 Å². The van der Waals surface area contributed by atoms with Gasteiger partial charge in [0.15, 0.2) is 0 Å². The van der Waals surface area contributed by atoms with Gasteiger partial charge in [-0.2, -0.15) is 0 Å². The first kappa shape index (κ1) is 18.8. The molecule has 1 aliphatic heterocycles. The van der Waals surface area contributed by atoms with Crippen LogP contribution in [0.1, 0.15) is 61.4 Å². The van der Waals surface area contributed by atoms with Crippen molar-refractivity contribution in [2.45, 2.75) is 52.4 Å². The second kappa shape index (κ2) is 9.67. The second-order valence-electron chi connectivity index (χ2n) is 7.09. The Morgan fingerprint density at radius 2 is 2.08 bits per heavy atom. The third-order valence-electron chi connectivity index (χ3n) is 4.82. The van der Waals surface area contributed by atoms with Gasteiger partial charge in [0.1, 0.15) is 0 Å². The van der Waals surface area contributed by atoms with Crippen molar-refractivity contribution < 1.29 is 9.90 Å². The molecule has 1 heterocycles. The first-order chi connectivity index (χ1) is 11.6. The smallest absolute Gasteiger partial charge is 0.253 e. The summed E-state index contributed by atoms with van der Waals surface area (Å²) < 4.78 is 0. The molecule has 1 aromatic rings. The molecule has 0 bridgehead atoms. The fourth-order valence-corrected chi connectivity index (χ4v) is 3.36. The maximum Gasteiger partial charge on any atom is 0.253 e. The van der Waals surface area contributed by atoms with Crippen LogP contribution in [0.3, 0.4) is 0 Å². The summed E-state index contributed by atoms with van der Waals surface area (Å²) in [5, 5.41) is 12.2. The maximum atomic E-state index is 12.7. The number of piperidine rings is 1. The molecule has 24 heavy (non-hydrogen) atoms. The Hall–Kier alpha value is -1.55. The summed E-state index contributed by atoms with van der Waals surface area (Å²) in [7, 11) is 0. The second-order valence-corrected chi connectivity index (χ2v) is 7.09. The number of nitrogens with one attached hydrogen (secondary N) is 1. The van der Waals surface area contributed by atoms with Crippen molar-refractivity contribution >= 4 is 11.6 Å². The molecule has 4 nitrogen and oxygen atoms in total. The minimum Gasteiger partial charge on any atom is -0.396 e. The average molecular weight is 332 g/mol. The van der Waals surface area contributed by atoms with Gasteiger partial charge in [0.2, 0.25) is 0 Å². The third kappa shape index (κ3) is 5.52. The number of anilines is 1. The van der Waals surface area contributed by atoms with E-state index in [-0.39, 0.29) is 12.5 Å². The number of unbranched alkanes of at least 4 members (excludes halogenated alkanes) is 3. The van der Waals surface area contributed by atoms with E-state index >= 15 is 0 Å². The summed E-state index contributed by atoms with van der Waals surface area (Å²) in [6, 6.07) is 5.99. The van der Waals surface area contributed by atoms with Crippen molar-refractivity contribution in [3.05, 3.63) is 29.3 Å². The lowest BCUT2D eigenvalue weighted by Gasteiger charge is -2.31. The summed E-state index contributed by atoms with van der Waals surface area (Å²) in [5.41, 5.74) is 3.04. The van der Waals surface area contributed by atoms with Crippen molar-refractivity contribution in [1.82, 2.24) is 4.90 Å². The van der Waals surface area contributed by atoms with E-state index in [1.807, 2.05) is 23.1 Å². The Balaban J connectivity index is 1.86. The van der Waals surface area contributed by atoms with Crippen LogP contribution in [-0.4, -0.2) is 42.2 Å². The molecule has 1 amide bonds. The predicted molar refractivity (Wildman–Crippen MR) is 99.5 cm³/mol. The van der Waals surface area contributed by atoms with Gasteiger partial charge in [-0.3, -0.25) is 4.79 Å². The zero-order valence-corrected chi connectivity index (χ0v) is 15.2. The average Bonchev–Trinajstić information content (AvgIpc) is 2.58. The molecule has 0 aromatic heterocycles. The number of aliphatic hydroxyl groups excluding tert-OH is 1. The first-order valence-corrected chi connectivity index (χ1v) is 9.36. The zero-order valence-electron chi connectivity index (χ0n) is 15.2. The molecule has 0 spiro atoms. The Labute approximate surface area is 146 Å². The van der Waals surface area contributed by atoms with Crippen molar-refractivity contribution in [3.63, 3.8) is 0 Å². The highest BCUT2D eigenvalue weighted by atomic mass is 16.2. The quantitative estimate of drug-likeness (QED) is 0.711. The molecule has 1 aliphatic rings. The minimum atomic E-state index is 0.167. The van der Waals surface area contributed by atoms with Crippen LogP contribution in [0.4, 0.5) is 5.69 Å². The van der Waals surface area contributed by atoms with Crippen LogP contribution < -0.4 is 5.32 Å². The van der Waals surface area contributed by atoms with E-state index in [0.717, 1.165) is 68.6 Å². The number of likely N-dealkylation sites (tertiary alicyclic amines) is 1. The molecule has 1 aromatic carbocycles. The van der Waals surface area contributed by atoms with E-state index in [1.165, 1.54) is 6.42 Å². The number of nitrogens with zero attached hydrogens (tertiary/aromatic N) is 1. The van der Waals surface area contributed by atoms with Crippen molar-refractivity contribution in [3.8, 4) is 0 Å². The fourth-order valence-electron chi connectivity index (χ4n) is 3.36. The molecule has 4 heteroatoms. The molecule has 0 unspecified atom stereocenters. The topological polar surface area (TPSA) is 52.6 Å². The lowest BCUT2D eigenvalue weighted by molar-refractivity contribution is 0.0683. The van der Waals surface area contributed by atoms with Crippen molar-refractivity contribution in [1.29, 1.82) is 0 Å². The number of amides is 1. The highest BCUT2D eigenvalue weighted by Gasteiger charge is 2.22. The predicted octanol–water partition coefficient (Wildman–Crippen LogP) is 3.83. The van der Waals surface area contributed by atoms with Gasteiger partial charge < -0.3 is 15.3 Å². The molecular formula is C20H32N2O2. The summed E-state index contributed by atoms with van der Waals surface area (Å²) >= 11 is 0. The fraction of sp³-hybridized carbons (Fsp3) is 0.650. The number of rotatable bonds is 8. The number of hydrogen-bond acceptors (Lipinski definition) is 3. The molecule has 2 rings (SSSR count). The normalized spacial score (nSPS) is 17.8. The van der Waals surface area contributed by atoms with Gasteiger partial charge in [0.05, 0.1) is 0 Å². The van der Waals surface area contributed by atoms with E-state index in [1.54, 1.807) is 0 Å². The standard InChI is InChI=1S/C20H32N2O2/c1-16-8-7-12-22(15-16)20(24)18-9-10-19(17(2)14-18)21-11-5-3-4-6-13-23/h9-10,14,16,21,23H,3-8,11-13,15H2,1-2H3/t16-/m0/s1. The Bertz CT molecular complexity index is 530. The molecule has 1 fully saturated rings. The number of hydrogen-bond donors (Lipinski definition) is 2. The molecule has 1 atom stereocenters. The highest BCUT2D eigenvalue weighted by Crippen LogP contribution is 2.21. The molecule has 0 aliphatic carbocycles. The Morgan fingerprint density at radius 3 is 2.79 bits per heavy atom. The van der Waals surface area contributed by atoms with Crippen LogP contribution in [0.2, 0.25) is 0 Å². The van der Waals surface area contributed by atoms with E-state index in [4.69, 9.17) is 5.11 Å². The summed E-state index contributed by atoms with van der Waals surface area (Å²) in [6.07, 6.45) is 6.55. The van der Waals surface area contributed by atoms with E-state index in [9.17, 15) is 4.79 Å². The molecule has 1 saturated heterocycles. The maximum absolute atomic E-state index is 12.7. The number of aliphatic hydroxyl groups is 1. The molecule has 2 N–H and O–H groups in total. The zero-order chi connectivity index (χ0) is 17.4. The molecule has 0 radical (unpaired) electrons. The minimum absolute atomic E-state index is 0.167. The summed E-state index contributed by atoms with van der Waals surface area (Å²) in [4.78, 5) is 14.7. The third-order valence-corrected chi connectivity index (χ3v) is 4.82. The van der Waals surface area contributed by atoms with Crippen molar-refractivity contribution in [2.75, 3.05) is 31.6 Å². The summed E-state index contributed by atoms with van der Waals surface area (Å²) in [5.74, 6) is 0.774. The van der Waals surface area contributed by atoms with Crippen LogP contribution in [0.5, 0.6) is 0 Å². The van der Waals surface area contributed by atoms with Crippen LogP contribution >= 0.6 is 0 Å². The van der Waals surface area contributed by atoms with Crippen LogP contribution in [-0.2, 0) is 0 Å². The molecule has 134 valence electrons. The Kier molecular flexibility index (Phi) is 7.57. The number of aryl methyl sites for hydroxylation is 1.